The first-order valence-corrected chi connectivity index (χ1v) is 6.42. The van der Waals surface area contributed by atoms with Gasteiger partial charge in [0.25, 0.3) is 0 Å². The summed E-state index contributed by atoms with van der Waals surface area (Å²) in [5, 5.41) is 3.42. The lowest BCUT2D eigenvalue weighted by molar-refractivity contribution is 0.256. The van der Waals surface area contributed by atoms with Crippen molar-refractivity contribution in [1.82, 2.24) is 10.2 Å². The van der Waals surface area contributed by atoms with E-state index in [0.717, 1.165) is 25.5 Å². The van der Waals surface area contributed by atoms with Crippen LogP contribution in [0.15, 0.2) is 18.2 Å². The van der Waals surface area contributed by atoms with E-state index < -0.39 is 11.6 Å². The van der Waals surface area contributed by atoms with E-state index in [1.807, 2.05) is 19.0 Å². The fourth-order valence-corrected chi connectivity index (χ4v) is 2.62. The summed E-state index contributed by atoms with van der Waals surface area (Å²) in [5.41, 5.74) is 0.579. The molecule has 0 aromatic heterocycles. The number of rotatable bonds is 4. The molecule has 0 aliphatic carbocycles. The smallest absolute Gasteiger partial charge is 0.130 e. The van der Waals surface area contributed by atoms with Crippen molar-refractivity contribution in [2.45, 2.75) is 31.3 Å². The van der Waals surface area contributed by atoms with Crippen molar-refractivity contribution in [2.75, 3.05) is 20.6 Å². The van der Waals surface area contributed by atoms with Gasteiger partial charge in [-0.25, -0.2) is 8.78 Å². The number of nitrogens with one attached hydrogen (secondary N) is 1. The minimum Gasteiger partial charge on any atom is -0.314 e. The van der Waals surface area contributed by atoms with Crippen molar-refractivity contribution in [3.63, 3.8) is 0 Å². The molecule has 0 saturated carbocycles. The highest BCUT2D eigenvalue weighted by Crippen LogP contribution is 2.28. The van der Waals surface area contributed by atoms with Crippen LogP contribution in [0.4, 0.5) is 8.78 Å². The monoisotopic (exact) mass is 254 g/mol. The van der Waals surface area contributed by atoms with Crippen molar-refractivity contribution >= 4 is 0 Å². The minimum absolute atomic E-state index is 0.0128. The maximum Gasteiger partial charge on any atom is 0.130 e. The van der Waals surface area contributed by atoms with Crippen molar-refractivity contribution in [1.29, 1.82) is 0 Å². The van der Waals surface area contributed by atoms with Crippen LogP contribution in [0.2, 0.25) is 0 Å². The summed E-state index contributed by atoms with van der Waals surface area (Å²) in [6.45, 7) is 1.04. The molecule has 1 saturated heterocycles. The second kappa shape index (κ2) is 5.76. The summed E-state index contributed by atoms with van der Waals surface area (Å²) in [5.74, 6) is -0.973. The molecule has 2 unspecified atom stereocenters. The first-order valence-electron chi connectivity index (χ1n) is 6.42. The molecule has 4 heteroatoms. The second-order valence-corrected chi connectivity index (χ2v) is 5.17. The summed E-state index contributed by atoms with van der Waals surface area (Å²) in [4.78, 5) is 2.00. The van der Waals surface area contributed by atoms with Gasteiger partial charge in [0.2, 0.25) is 0 Å². The standard InChI is InChI=1S/C14H20F2N2/c1-18(2)14(9-11-4-3-7-17-11)12-6-5-10(15)8-13(12)16/h5-6,8,11,14,17H,3-4,7,9H2,1-2H3. The van der Waals surface area contributed by atoms with Gasteiger partial charge in [-0.15, -0.1) is 0 Å². The molecule has 1 N–H and O–H groups in total. The Morgan fingerprint density at radius 1 is 1.39 bits per heavy atom. The summed E-state index contributed by atoms with van der Waals surface area (Å²) >= 11 is 0. The zero-order chi connectivity index (χ0) is 13.1. The van der Waals surface area contributed by atoms with Crippen LogP contribution in [-0.2, 0) is 0 Å². The number of nitrogens with zero attached hydrogens (tertiary/aromatic N) is 1. The van der Waals surface area contributed by atoms with E-state index in [2.05, 4.69) is 5.32 Å². The number of hydrogen-bond acceptors (Lipinski definition) is 2. The topological polar surface area (TPSA) is 15.3 Å². The van der Waals surface area contributed by atoms with E-state index in [-0.39, 0.29) is 6.04 Å². The van der Waals surface area contributed by atoms with Crippen molar-refractivity contribution < 1.29 is 8.78 Å². The van der Waals surface area contributed by atoms with E-state index in [4.69, 9.17) is 0 Å². The summed E-state index contributed by atoms with van der Waals surface area (Å²) in [6, 6.07) is 4.28. The third-order valence-electron chi connectivity index (χ3n) is 3.61. The van der Waals surface area contributed by atoms with Crippen molar-refractivity contribution in [3.05, 3.63) is 35.4 Å². The Bertz CT molecular complexity index is 401. The third kappa shape index (κ3) is 3.06. The van der Waals surface area contributed by atoms with Crippen LogP contribution in [0.1, 0.15) is 30.9 Å². The van der Waals surface area contributed by atoms with Crippen molar-refractivity contribution in [2.24, 2.45) is 0 Å². The number of halogens is 2. The maximum atomic E-state index is 13.8. The SMILES string of the molecule is CN(C)C(CC1CCCN1)c1ccc(F)cc1F. The molecule has 18 heavy (non-hydrogen) atoms. The first-order chi connectivity index (χ1) is 8.58. The molecular weight excluding hydrogens is 234 g/mol. The molecule has 100 valence electrons. The molecule has 0 bridgehead atoms. The predicted octanol–water partition coefficient (Wildman–Crippen LogP) is 2.71. The molecule has 1 aliphatic rings. The molecular formula is C14H20F2N2. The van der Waals surface area contributed by atoms with Gasteiger partial charge in [-0.2, -0.15) is 0 Å². The molecule has 1 heterocycles. The van der Waals surface area contributed by atoms with Gasteiger partial charge in [-0.05, 0) is 46.0 Å². The van der Waals surface area contributed by atoms with Crippen LogP contribution in [0.25, 0.3) is 0 Å². The third-order valence-corrected chi connectivity index (χ3v) is 3.61. The van der Waals surface area contributed by atoms with E-state index in [0.29, 0.717) is 11.6 Å². The fraction of sp³-hybridized carbons (Fsp3) is 0.571. The zero-order valence-corrected chi connectivity index (χ0v) is 10.9. The lowest BCUT2D eigenvalue weighted by Gasteiger charge is -2.27. The number of benzene rings is 1. The highest BCUT2D eigenvalue weighted by atomic mass is 19.1. The molecule has 1 fully saturated rings. The summed E-state index contributed by atoms with van der Waals surface area (Å²) in [7, 11) is 3.87. The van der Waals surface area contributed by atoms with Crippen LogP contribution < -0.4 is 5.32 Å². The molecule has 0 spiro atoms. The lowest BCUT2D eigenvalue weighted by Crippen LogP contribution is -2.30. The minimum atomic E-state index is -0.521. The Balaban J connectivity index is 2.17. The molecule has 0 amide bonds. The Morgan fingerprint density at radius 2 is 2.17 bits per heavy atom. The quantitative estimate of drug-likeness (QED) is 0.888. The average Bonchev–Trinajstić information content (AvgIpc) is 2.79. The fourth-order valence-electron chi connectivity index (χ4n) is 2.62. The van der Waals surface area contributed by atoms with Gasteiger partial charge < -0.3 is 10.2 Å². The average molecular weight is 254 g/mol. The summed E-state index contributed by atoms with van der Waals surface area (Å²) < 4.78 is 26.8. The van der Waals surface area contributed by atoms with Crippen LogP contribution in [0.3, 0.4) is 0 Å². The Labute approximate surface area is 107 Å². The number of hydrogen-bond donors (Lipinski definition) is 1. The van der Waals surface area contributed by atoms with Gasteiger partial charge in [0, 0.05) is 23.7 Å². The molecule has 1 aliphatic heterocycles. The second-order valence-electron chi connectivity index (χ2n) is 5.17. The van der Waals surface area contributed by atoms with Gasteiger partial charge in [0.15, 0.2) is 0 Å². The van der Waals surface area contributed by atoms with Crippen molar-refractivity contribution in [3.8, 4) is 0 Å². The summed E-state index contributed by atoms with van der Waals surface area (Å²) in [6.07, 6.45) is 3.17. The molecule has 1 aromatic rings. The Kier molecular flexibility index (Phi) is 4.30. The normalized spacial score (nSPS) is 21.5. The van der Waals surface area contributed by atoms with E-state index in [1.54, 1.807) is 6.07 Å². The van der Waals surface area contributed by atoms with Gasteiger partial charge in [0.05, 0.1) is 0 Å². The molecule has 0 radical (unpaired) electrons. The van der Waals surface area contributed by atoms with E-state index >= 15 is 0 Å². The lowest BCUT2D eigenvalue weighted by atomic mass is 9.97. The van der Waals surface area contributed by atoms with E-state index in [1.165, 1.54) is 12.5 Å². The maximum absolute atomic E-state index is 13.8. The van der Waals surface area contributed by atoms with Gasteiger partial charge in [-0.1, -0.05) is 6.07 Å². The molecule has 1 aromatic carbocycles. The van der Waals surface area contributed by atoms with Gasteiger partial charge in [-0.3, -0.25) is 0 Å². The Morgan fingerprint density at radius 3 is 2.72 bits per heavy atom. The van der Waals surface area contributed by atoms with Gasteiger partial charge >= 0.3 is 0 Å². The molecule has 2 rings (SSSR count). The first kappa shape index (κ1) is 13.4. The van der Waals surface area contributed by atoms with Crippen LogP contribution in [-0.4, -0.2) is 31.6 Å². The molecule has 2 nitrogen and oxygen atoms in total. The highest BCUT2D eigenvalue weighted by Gasteiger charge is 2.24. The molecule has 2 atom stereocenters. The van der Waals surface area contributed by atoms with Gasteiger partial charge in [0.1, 0.15) is 11.6 Å². The van der Waals surface area contributed by atoms with Crippen LogP contribution in [0.5, 0.6) is 0 Å². The van der Waals surface area contributed by atoms with Crippen LogP contribution >= 0.6 is 0 Å². The largest absolute Gasteiger partial charge is 0.314 e. The highest BCUT2D eigenvalue weighted by molar-refractivity contribution is 5.22. The Hall–Kier alpha value is -1.00. The van der Waals surface area contributed by atoms with E-state index in [9.17, 15) is 8.78 Å². The predicted molar refractivity (Wildman–Crippen MR) is 68.4 cm³/mol. The van der Waals surface area contributed by atoms with Crippen LogP contribution in [0, 0.1) is 11.6 Å². The zero-order valence-electron chi connectivity index (χ0n) is 10.9.